The second kappa shape index (κ2) is 14.1. The first-order chi connectivity index (χ1) is 22.6. The number of pyridine rings is 1. The van der Waals surface area contributed by atoms with Gasteiger partial charge in [0.25, 0.3) is 5.89 Å². The smallest absolute Gasteiger partial charge is 0.315 e. The fraction of sp³-hybridized carbons (Fsp3) is 0.543. The number of amides is 4. The van der Waals surface area contributed by atoms with Crippen LogP contribution in [0.4, 0.5) is 4.79 Å². The van der Waals surface area contributed by atoms with Gasteiger partial charge in [0.15, 0.2) is 5.58 Å². The van der Waals surface area contributed by atoms with E-state index >= 15 is 0 Å². The molecular weight excluding hydrogens is 636 g/mol. The van der Waals surface area contributed by atoms with Crippen molar-refractivity contribution in [2.75, 3.05) is 6.54 Å². The van der Waals surface area contributed by atoms with Gasteiger partial charge >= 0.3 is 6.03 Å². The number of halogens is 1. The summed E-state index contributed by atoms with van der Waals surface area (Å²) >= 11 is 6.01. The number of hydrogen-bond acceptors (Lipinski definition) is 8. The van der Waals surface area contributed by atoms with Gasteiger partial charge in [-0.2, -0.15) is 0 Å². The van der Waals surface area contributed by atoms with Crippen LogP contribution in [-0.2, 0) is 9.59 Å². The lowest BCUT2D eigenvalue weighted by Gasteiger charge is -2.36. The third kappa shape index (κ3) is 8.63. The van der Waals surface area contributed by atoms with Gasteiger partial charge in [0.1, 0.15) is 23.7 Å². The number of para-hydroxylation sites is 2. The van der Waals surface area contributed by atoms with Crippen molar-refractivity contribution >= 4 is 46.3 Å². The van der Waals surface area contributed by atoms with Crippen LogP contribution in [0, 0.1) is 11.3 Å². The van der Waals surface area contributed by atoms with E-state index in [1.165, 1.54) is 11.1 Å². The number of aromatic nitrogens is 2. The molecule has 0 radical (unpaired) electrons. The van der Waals surface area contributed by atoms with Crippen molar-refractivity contribution in [1.29, 1.82) is 0 Å². The molecule has 4 amide bonds. The Bertz CT molecular complexity index is 1610. The number of likely N-dealkylation sites (tertiary alicyclic amines) is 1. The molecule has 258 valence electrons. The zero-order chi connectivity index (χ0) is 34.8. The fourth-order valence-corrected chi connectivity index (χ4v) is 6.10. The van der Waals surface area contributed by atoms with Crippen molar-refractivity contribution in [3.63, 3.8) is 0 Å². The molecule has 2 fully saturated rings. The number of Topliss-reactive ketones (excluding diaryl/α,β-unsaturated/α-hetero) is 1. The number of ether oxygens (including phenoxy) is 1. The Morgan fingerprint density at radius 2 is 1.77 bits per heavy atom. The molecule has 12 nitrogen and oxygen atoms in total. The zero-order valence-corrected chi connectivity index (χ0v) is 29.1. The van der Waals surface area contributed by atoms with Gasteiger partial charge in [-0.1, -0.05) is 63.8 Å². The highest BCUT2D eigenvalue weighted by atomic mass is 35.5. The zero-order valence-electron chi connectivity index (χ0n) is 28.3. The maximum absolute atomic E-state index is 14.3. The topological polar surface area (TPSA) is 156 Å². The van der Waals surface area contributed by atoms with E-state index in [-0.39, 0.29) is 24.8 Å². The van der Waals surface area contributed by atoms with Crippen molar-refractivity contribution in [3.05, 3.63) is 53.5 Å². The number of fused-ring (bicyclic) bond motifs is 1. The molecule has 2 aromatic heterocycles. The summed E-state index contributed by atoms with van der Waals surface area (Å²) in [7, 11) is 0. The number of hydrogen-bond donors (Lipinski definition) is 3. The van der Waals surface area contributed by atoms with Gasteiger partial charge in [-0.3, -0.25) is 14.4 Å². The fourth-order valence-electron chi connectivity index (χ4n) is 5.99. The number of rotatable bonds is 10. The first kappa shape index (κ1) is 35.1. The van der Waals surface area contributed by atoms with E-state index in [4.69, 9.17) is 20.8 Å². The lowest BCUT2D eigenvalue weighted by atomic mass is 9.80. The van der Waals surface area contributed by atoms with Crippen LogP contribution in [0.1, 0.15) is 84.3 Å². The molecule has 2 aliphatic rings. The summed E-state index contributed by atoms with van der Waals surface area (Å²) in [5.41, 5.74) is -0.213. The van der Waals surface area contributed by atoms with Gasteiger partial charge in [0.2, 0.25) is 23.5 Å². The molecule has 1 aromatic carbocycles. The number of nitrogens with zero attached hydrogens (tertiary/aromatic N) is 3. The van der Waals surface area contributed by atoms with E-state index in [1.54, 1.807) is 30.3 Å². The normalized spacial score (nSPS) is 19.7. The number of oxazole rings is 1. The number of urea groups is 1. The Balaban J connectivity index is 1.41. The van der Waals surface area contributed by atoms with Crippen molar-refractivity contribution in [3.8, 4) is 5.88 Å². The third-order valence-electron chi connectivity index (χ3n) is 8.64. The molecular formula is C35H45ClN6O6. The average molecular weight is 681 g/mol. The Labute approximate surface area is 285 Å². The molecule has 4 atom stereocenters. The monoisotopic (exact) mass is 680 g/mol. The van der Waals surface area contributed by atoms with Gasteiger partial charge in [-0.05, 0) is 56.7 Å². The van der Waals surface area contributed by atoms with E-state index in [2.05, 4.69) is 25.9 Å². The summed E-state index contributed by atoms with van der Waals surface area (Å²) in [4.78, 5) is 65.4. The van der Waals surface area contributed by atoms with Crippen molar-refractivity contribution in [2.45, 2.75) is 103 Å². The van der Waals surface area contributed by atoms with E-state index in [1.807, 2.05) is 47.6 Å². The van der Waals surface area contributed by atoms with Crippen LogP contribution in [0.3, 0.4) is 0 Å². The van der Waals surface area contributed by atoms with Gasteiger partial charge in [-0.15, -0.1) is 0 Å². The van der Waals surface area contributed by atoms with Crippen molar-refractivity contribution in [2.24, 2.45) is 11.3 Å². The minimum absolute atomic E-state index is 0.0583. The highest BCUT2D eigenvalue weighted by molar-refractivity contribution is 6.30. The minimum atomic E-state index is -0.993. The predicted molar refractivity (Wildman–Crippen MR) is 181 cm³/mol. The first-order valence-electron chi connectivity index (χ1n) is 16.4. The lowest BCUT2D eigenvalue weighted by Crippen LogP contribution is -2.61. The van der Waals surface area contributed by atoms with Crippen LogP contribution in [0.25, 0.3) is 11.1 Å². The number of ketones is 1. The number of carbonyl (C=O) groups is 4. The van der Waals surface area contributed by atoms with Crippen LogP contribution in [0.2, 0.25) is 5.02 Å². The predicted octanol–water partition coefficient (Wildman–Crippen LogP) is 5.29. The maximum atomic E-state index is 14.3. The minimum Gasteiger partial charge on any atom is -0.472 e. The third-order valence-corrected chi connectivity index (χ3v) is 8.87. The molecule has 3 unspecified atom stereocenters. The highest BCUT2D eigenvalue weighted by Crippen LogP contribution is 2.32. The summed E-state index contributed by atoms with van der Waals surface area (Å²) in [5, 5.41) is 9.08. The van der Waals surface area contributed by atoms with Crippen molar-refractivity contribution < 1.29 is 28.3 Å². The van der Waals surface area contributed by atoms with Crippen LogP contribution in [-0.4, -0.2) is 74.8 Å². The van der Waals surface area contributed by atoms with Crippen LogP contribution in [0.15, 0.2) is 47.0 Å². The summed E-state index contributed by atoms with van der Waals surface area (Å²) < 4.78 is 11.9. The van der Waals surface area contributed by atoms with Crippen LogP contribution in [0.5, 0.6) is 5.88 Å². The van der Waals surface area contributed by atoms with Gasteiger partial charge in [0.05, 0.1) is 17.6 Å². The number of carbonyl (C=O) groups excluding carboxylic acids is 4. The second-order valence-electron chi connectivity index (χ2n) is 14.9. The Kier molecular flexibility index (Phi) is 10.3. The van der Waals surface area contributed by atoms with E-state index in [0.29, 0.717) is 28.4 Å². The van der Waals surface area contributed by atoms with Crippen LogP contribution >= 0.6 is 11.6 Å². The lowest BCUT2D eigenvalue weighted by molar-refractivity contribution is -0.142. The van der Waals surface area contributed by atoms with Gasteiger partial charge in [-0.25, -0.2) is 14.8 Å². The average Bonchev–Trinajstić information content (AvgIpc) is 3.61. The molecule has 48 heavy (non-hydrogen) atoms. The first-order valence-corrected chi connectivity index (χ1v) is 16.8. The SMILES string of the molecule is CC(C)(C)NC(=O)N[C@H](C(=O)N1CC(Oc2ccc(Cl)cn2)CC1C(=O)NC(CC1CCC1)C(=O)c1nc2ccccc2o1)C(C)(C)C. The number of benzene rings is 1. The second-order valence-corrected chi connectivity index (χ2v) is 15.3. The molecule has 1 aliphatic carbocycles. The molecule has 1 aliphatic heterocycles. The quantitative estimate of drug-likeness (QED) is 0.244. The Morgan fingerprint density at radius 1 is 1.04 bits per heavy atom. The summed E-state index contributed by atoms with van der Waals surface area (Å²) in [6.45, 7) is 11.1. The molecule has 1 saturated carbocycles. The highest BCUT2D eigenvalue weighted by Gasteiger charge is 2.47. The molecule has 5 rings (SSSR count). The largest absolute Gasteiger partial charge is 0.472 e. The maximum Gasteiger partial charge on any atom is 0.315 e. The van der Waals surface area contributed by atoms with E-state index < -0.39 is 58.8 Å². The van der Waals surface area contributed by atoms with E-state index in [0.717, 1.165) is 19.3 Å². The standard InChI is InChI=1S/C35H45ClN6O6/c1-34(2,3)29(40-33(46)41-35(4,5)6)32(45)42-19-22(47-27-15-14-21(36)18-37-27)17-25(42)30(44)38-24(16-20-10-9-11-20)28(43)31-39-23-12-7-8-13-26(23)48-31/h7-8,12-15,18,20,22,24-25,29H,9-11,16-17,19H2,1-6H3,(H,38,44)(H2,40,41,46)/t22?,24?,25?,29-/m1/s1. The molecule has 13 heteroatoms. The molecule has 1 saturated heterocycles. The summed E-state index contributed by atoms with van der Waals surface area (Å²) in [6, 6.07) is 6.98. The molecule has 3 N–H and O–H groups in total. The van der Waals surface area contributed by atoms with Gasteiger partial charge in [0, 0.05) is 24.2 Å². The van der Waals surface area contributed by atoms with E-state index in [9.17, 15) is 19.2 Å². The molecule has 0 spiro atoms. The number of nitrogens with one attached hydrogen (secondary N) is 3. The Hall–Kier alpha value is -4.19. The summed E-state index contributed by atoms with van der Waals surface area (Å²) in [5.74, 6) is -0.873. The van der Waals surface area contributed by atoms with Crippen molar-refractivity contribution in [1.82, 2.24) is 30.8 Å². The Morgan fingerprint density at radius 3 is 2.38 bits per heavy atom. The molecule has 3 heterocycles. The van der Waals surface area contributed by atoms with Gasteiger partial charge < -0.3 is 30.0 Å². The molecule has 0 bridgehead atoms. The van der Waals surface area contributed by atoms with Crippen LogP contribution < -0.4 is 20.7 Å². The summed E-state index contributed by atoms with van der Waals surface area (Å²) in [6.07, 6.45) is 4.41. The molecule has 3 aromatic rings.